The lowest BCUT2D eigenvalue weighted by Crippen LogP contribution is -2.51. The predicted octanol–water partition coefficient (Wildman–Crippen LogP) is 10.4. The molecule has 2 spiro atoms. The molecule has 0 unspecified atom stereocenters. The summed E-state index contributed by atoms with van der Waals surface area (Å²) in [6.07, 6.45) is 10.6. The molecule has 2 aliphatic heterocycles. The van der Waals surface area contributed by atoms with E-state index in [-0.39, 0.29) is 36.8 Å². The highest BCUT2D eigenvalue weighted by molar-refractivity contribution is 9.10. The normalized spacial score (nSPS) is 17.7. The lowest BCUT2D eigenvalue weighted by Gasteiger charge is -2.38. The van der Waals surface area contributed by atoms with Gasteiger partial charge in [-0.3, -0.25) is 33.9 Å². The maximum atomic E-state index is 13.6. The van der Waals surface area contributed by atoms with Crippen molar-refractivity contribution in [1.82, 2.24) is 14.7 Å². The molecule has 4 aromatic rings. The van der Waals surface area contributed by atoms with Crippen LogP contribution in [-0.4, -0.2) is 81.1 Å². The molecule has 0 bridgehead atoms. The molecule has 0 aromatic heterocycles. The van der Waals surface area contributed by atoms with Crippen LogP contribution >= 0.6 is 15.9 Å². The number of hydrogen-bond acceptors (Lipinski definition) is 6. The number of benzene rings is 4. The van der Waals surface area contributed by atoms with E-state index in [0.29, 0.717) is 50.0 Å². The third kappa shape index (κ3) is 9.82. The first-order valence-electron chi connectivity index (χ1n) is 23.6. The summed E-state index contributed by atoms with van der Waals surface area (Å²) in [6.45, 7) is 9.91. The van der Waals surface area contributed by atoms with Gasteiger partial charge in [0.1, 0.15) is 24.2 Å². The van der Waals surface area contributed by atoms with Gasteiger partial charge in [-0.05, 0) is 128 Å². The molecule has 13 heteroatoms. The van der Waals surface area contributed by atoms with Gasteiger partial charge < -0.3 is 15.5 Å². The highest BCUT2D eigenvalue weighted by Gasteiger charge is 2.59. The average Bonchev–Trinajstić information content (AvgIpc) is 3.61. The van der Waals surface area contributed by atoms with Crippen LogP contribution in [0.1, 0.15) is 111 Å². The molecular weight excluding hydrogens is 897 g/mol. The van der Waals surface area contributed by atoms with Gasteiger partial charge in [-0.15, -0.1) is 0 Å². The lowest BCUT2D eigenvalue weighted by molar-refractivity contribution is -0.136. The first-order chi connectivity index (χ1) is 31.7. The van der Waals surface area contributed by atoms with Gasteiger partial charge in [0.05, 0.1) is 5.69 Å². The number of aryl methyl sites for hydroxylation is 5. The minimum atomic E-state index is -0.898. The van der Waals surface area contributed by atoms with Gasteiger partial charge in [0, 0.05) is 22.4 Å². The van der Waals surface area contributed by atoms with Gasteiger partial charge in [0.15, 0.2) is 0 Å². The predicted molar refractivity (Wildman–Crippen MR) is 262 cm³/mol. The smallest absolute Gasteiger partial charge is 0.324 e. The number of imide groups is 2. The molecule has 4 fully saturated rings. The zero-order valence-corrected chi connectivity index (χ0v) is 40.6. The minimum absolute atomic E-state index is 0.208. The Morgan fingerprint density at radius 3 is 1.70 bits per heavy atom. The second kappa shape index (κ2) is 20.8. The summed E-state index contributed by atoms with van der Waals surface area (Å²) in [5.74, 6) is -1.19. The van der Waals surface area contributed by atoms with E-state index in [1.54, 1.807) is 9.80 Å². The number of nitrogens with one attached hydrogen (secondary N) is 2. The van der Waals surface area contributed by atoms with Crippen molar-refractivity contribution in [3.8, 4) is 0 Å². The van der Waals surface area contributed by atoms with Gasteiger partial charge in [-0.2, -0.15) is 0 Å². The molecule has 2 heterocycles. The summed E-state index contributed by atoms with van der Waals surface area (Å²) in [4.78, 5) is 85.9. The minimum Gasteiger partial charge on any atom is -0.324 e. The lowest BCUT2D eigenvalue weighted by atomic mass is 9.80. The van der Waals surface area contributed by atoms with Crippen LogP contribution in [0.4, 0.5) is 26.7 Å². The SMILES string of the molecule is CCc1cccc(CC)c1NC(=O)CN1C(=O)N(CCc2ccccc2)C2(CCCCC2)C1=O.Cc1ccc(N2C(=O)N(CC(=O)Nc3c(C)cc(C)cc3Br)C(=O)C23CCCCC3)cc1. The number of para-hydroxylation sites is 1. The molecule has 348 valence electrons. The fourth-order valence-electron chi connectivity index (χ4n) is 10.4. The highest BCUT2D eigenvalue weighted by Crippen LogP contribution is 2.44. The molecule has 4 aromatic carbocycles. The molecular formula is C53H63BrN6O6. The Balaban J connectivity index is 0.000000197. The maximum absolute atomic E-state index is 13.6. The third-order valence-electron chi connectivity index (χ3n) is 13.8. The van der Waals surface area contributed by atoms with Crippen LogP contribution < -0.4 is 15.5 Å². The van der Waals surface area contributed by atoms with Crippen molar-refractivity contribution in [2.75, 3.05) is 35.2 Å². The summed E-state index contributed by atoms with van der Waals surface area (Å²) in [6, 6.07) is 26.8. The van der Waals surface area contributed by atoms with Crippen LogP contribution in [0.3, 0.4) is 0 Å². The zero-order valence-electron chi connectivity index (χ0n) is 39.0. The maximum Gasteiger partial charge on any atom is 0.332 e. The molecule has 66 heavy (non-hydrogen) atoms. The monoisotopic (exact) mass is 958 g/mol. The van der Waals surface area contributed by atoms with E-state index < -0.39 is 23.0 Å². The van der Waals surface area contributed by atoms with Crippen LogP contribution in [0.2, 0.25) is 0 Å². The standard InChI is InChI=1S/C28H35N3O3.C25H28BrN3O3/c1-3-22-14-11-15-23(4-2)25(22)29-24(32)20-30-26(33)28(17-9-6-10-18-28)31(27(30)34)19-16-21-12-7-5-8-13-21;1-16-7-9-19(10-8-16)29-24(32)28(23(31)25(29)11-5-4-6-12-25)15-21(30)27-22-18(3)13-17(2)14-20(22)26/h5,7-8,11-15H,3-4,6,9-10,16-20H2,1-2H3,(H,29,32);7-10,13-14H,4-6,11-12,15H2,1-3H3,(H,27,30). The molecule has 8 amide bonds. The summed E-state index contributed by atoms with van der Waals surface area (Å²) >= 11 is 3.50. The summed E-state index contributed by atoms with van der Waals surface area (Å²) in [5, 5.41) is 5.89. The van der Waals surface area contributed by atoms with Crippen molar-refractivity contribution in [3.63, 3.8) is 0 Å². The third-order valence-corrected chi connectivity index (χ3v) is 14.4. The number of carbonyl (C=O) groups is 6. The van der Waals surface area contributed by atoms with Crippen molar-refractivity contribution >= 4 is 68.7 Å². The first kappa shape index (κ1) is 48.1. The molecule has 2 aliphatic carbocycles. The fourth-order valence-corrected chi connectivity index (χ4v) is 11.1. The van der Waals surface area contributed by atoms with Crippen molar-refractivity contribution in [2.45, 2.75) is 129 Å². The van der Waals surface area contributed by atoms with Gasteiger partial charge >= 0.3 is 12.1 Å². The molecule has 8 rings (SSSR count). The molecule has 0 atom stereocenters. The van der Waals surface area contributed by atoms with E-state index in [1.807, 2.05) is 106 Å². The fraction of sp³-hybridized carbons (Fsp3) is 0.434. The second-order valence-electron chi connectivity index (χ2n) is 18.3. The Morgan fingerprint density at radius 1 is 0.606 bits per heavy atom. The van der Waals surface area contributed by atoms with E-state index in [1.165, 1.54) is 4.90 Å². The van der Waals surface area contributed by atoms with Crippen LogP contribution in [0.25, 0.3) is 0 Å². The molecule has 4 aliphatic rings. The Labute approximate surface area is 397 Å². The number of halogens is 1. The molecule has 2 saturated heterocycles. The van der Waals surface area contributed by atoms with Crippen LogP contribution in [0.15, 0.2) is 89.4 Å². The van der Waals surface area contributed by atoms with Gasteiger partial charge in [-0.1, -0.05) is 125 Å². The average molecular weight is 960 g/mol. The van der Waals surface area contributed by atoms with E-state index >= 15 is 0 Å². The van der Waals surface area contributed by atoms with E-state index in [2.05, 4.69) is 40.4 Å². The molecule has 2 saturated carbocycles. The summed E-state index contributed by atoms with van der Waals surface area (Å²) < 4.78 is 0.771. The van der Waals surface area contributed by atoms with Crippen LogP contribution in [0, 0.1) is 20.8 Å². The van der Waals surface area contributed by atoms with Crippen molar-refractivity contribution in [1.29, 1.82) is 0 Å². The Hall–Kier alpha value is -5.82. The number of anilines is 3. The number of amides is 8. The number of urea groups is 2. The molecule has 12 nitrogen and oxygen atoms in total. The Morgan fingerprint density at radius 2 is 1.14 bits per heavy atom. The summed E-state index contributed by atoms with van der Waals surface area (Å²) in [7, 11) is 0. The van der Waals surface area contributed by atoms with Crippen molar-refractivity contribution in [3.05, 3.63) is 123 Å². The number of carbonyl (C=O) groups excluding carboxylic acids is 6. The van der Waals surface area contributed by atoms with Crippen LogP contribution in [0.5, 0.6) is 0 Å². The van der Waals surface area contributed by atoms with Crippen LogP contribution in [-0.2, 0) is 38.4 Å². The number of rotatable bonds is 12. The Kier molecular flexibility index (Phi) is 15.2. The van der Waals surface area contributed by atoms with E-state index in [4.69, 9.17) is 0 Å². The van der Waals surface area contributed by atoms with Gasteiger partial charge in [0.25, 0.3) is 11.8 Å². The summed E-state index contributed by atoms with van der Waals surface area (Å²) in [5.41, 5.74) is 6.78. The van der Waals surface area contributed by atoms with Gasteiger partial charge in [-0.25, -0.2) is 9.59 Å². The quantitative estimate of drug-likeness (QED) is 0.136. The van der Waals surface area contributed by atoms with E-state index in [9.17, 15) is 28.8 Å². The second-order valence-corrected chi connectivity index (χ2v) is 19.1. The van der Waals surface area contributed by atoms with Gasteiger partial charge in [0.2, 0.25) is 11.8 Å². The Bertz CT molecular complexity index is 2420. The topological polar surface area (TPSA) is 139 Å². The largest absolute Gasteiger partial charge is 0.332 e. The zero-order chi connectivity index (χ0) is 47.2. The molecule has 0 radical (unpaired) electrons. The van der Waals surface area contributed by atoms with Crippen molar-refractivity contribution < 1.29 is 28.8 Å². The number of nitrogens with zero attached hydrogens (tertiary/aromatic N) is 4. The van der Waals surface area contributed by atoms with Crippen molar-refractivity contribution in [2.24, 2.45) is 0 Å². The number of hydrogen-bond donors (Lipinski definition) is 2. The molecule has 2 N–H and O–H groups in total. The highest BCUT2D eigenvalue weighted by atomic mass is 79.9. The first-order valence-corrected chi connectivity index (χ1v) is 24.4. The van der Waals surface area contributed by atoms with E-state index in [0.717, 1.165) is 99.8 Å².